The third-order valence-electron chi connectivity index (χ3n) is 5.23. The molecule has 28 heavy (non-hydrogen) atoms. The Morgan fingerprint density at radius 2 is 2.04 bits per heavy atom. The lowest BCUT2D eigenvalue weighted by Crippen LogP contribution is -2.36. The van der Waals surface area contributed by atoms with Gasteiger partial charge in [0.1, 0.15) is 11.6 Å². The summed E-state index contributed by atoms with van der Waals surface area (Å²) in [6.07, 6.45) is 1.64. The van der Waals surface area contributed by atoms with Crippen molar-refractivity contribution >= 4 is 28.8 Å². The minimum Gasteiger partial charge on any atom is -0.507 e. The van der Waals surface area contributed by atoms with Crippen molar-refractivity contribution in [2.75, 3.05) is 13.2 Å². The molecule has 2 aliphatic heterocycles. The van der Waals surface area contributed by atoms with Gasteiger partial charge in [-0.05, 0) is 61.0 Å². The molecule has 0 spiro atoms. The largest absolute Gasteiger partial charge is 0.507 e. The molecular formula is C21H20FNO4S. The standard InChI is InChI=1S/C21H20FNO4S/c1-12-8-10-28-20(12)17-16(18(24)13-4-6-14(22)7-5-13)19(25)21(26)23(17)11-15-3-2-9-27-15/h4-8,10,15,17,24H,2-3,9,11H2,1H3/b18-16-. The molecule has 2 saturated heterocycles. The minimum atomic E-state index is -0.724. The zero-order chi connectivity index (χ0) is 19.8. The van der Waals surface area contributed by atoms with Gasteiger partial charge < -0.3 is 14.7 Å². The van der Waals surface area contributed by atoms with Gasteiger partial charge >= 0.3 is 0 Å². The molecule has 7 heteroatoms. The van der Waals surface area contributed by atoms with Crippen molar-refractivity contribution in [1.82, 2.24) is 4.90 Å². The summed E-state index contributed by atoms with van der Waals surface area (Å²) in [4.78, 5) is 28.0. The Hall–Kier alpha value is -2.51. The van der Waals surface area contributed by atoms with Crippen molar-refractivity contribution in [2.24, 2.45) is 0 Å². The average molecular weight is 401 g/mol. The van der Waals surface area contributed by atoms with Crippen LogP contribution in [0.4, 0.5) is 4.39 Å². The van der Waals surface area contributed by atoms with E-state index in [9.17, 15) is 19.1 Å². The van der Waals surface area contributed by atoms with Gasteiger partial charge in [0.05, 0.1) is 17.7 Å². The first kappa shape index (κ1) is 18.8. The number of likely N-dealkylation sites (tertiary alicyclic amines) is 1. The van der Waals surface area contributed by atoms with Gasteiger partial charge in [0, 0.05) is 23.6 Å². The Balaban J connectivity index is 1.82. The van der Waals surface area contributed by atoms with Gasteiger partial charge in [-0.2, -0.15) is 0 Å². The Bertz CT molecular complexity index is 944. The maximum atomic E-state index is 13.3. The molecule has 3 heterocycles. The second-order valence-corrected chi connectivity index (χ2v) is 8.01. The molecule has 2 aromatic rings. The number of aliphatic hydroxyl groups excluding tert-OH is 1. The van der Waals surface area contributed by atoms with Crippen LogP contribution >= 0.6 is 11.3 Å². The lowest BCUT2D eigenvalue weighted by molar-refractivity contribution is -0.140. The number of aliphatic hydroxyl groups is 1. The molecule has 2 atom stereocenters. The molecule has 2 aliphatic rings. The highest BCUT2D eigenvalue weighted by Crippen LogP contribution is 2.43. The number of carbonyl (C=O) groups excluding carboxylic acids is 2. The summed E-state index contributed by atoms with van der Waals surface area (Å²) < 4.78 is 18.9. The number of aryl methyl sites for hydroxylation is 1. The van der Waals surface area contributed by atoms with Gasteiger partial charge in [0.15, 0.2) is 0 Å². The molecule has 146 valence electrons. The molecule has 1 aromatic heterocycles. The highest BCUT2D eigenvalue weighted by molar-refractivity contribution is 7.10. The lowest BCUT2D eigenvalue weighted by atomic mass is 9.98. The molecular weight excluding hydrogens is 381 g/mol. The fourth-order valence-corrected chi connectivity index (χ4v) is 4.82. The molecule has 1 N–H and O–H groups in total. The van der Waals surface area contributed by atoms with Crippen LogP contribution < -0.4 is 0 Å². The number of hydrogen-bond donors (Lipinski definition) is 1. The molecule has 4 rings (SSSR count). The molecule has 0 saturated carbocycles. The monoisotopic (exact) mass is 401 g/mol. The first-order valence-corrected chi connectivity index (χ1v) is 10.0. The van der Waals surface area contributed by atoms with Gasteiger partial charge in [-0.15, -0.1) is 11.3 Å². The Morgan fingerprint density at radius 1 is 1.29 bits per heavy atom. The topological polar surface area (TPSA) is 66.8 Å². The summed E-state index contributed by atoms with van der Waals surface area (Å²) >= 11 is 1.44. The van der Waals surface area contributed by atoms with Gasteiger partial charge in [-0.25, -0.2) is 4.39 Å². The maximum absolute atomic E-state index is 13.3. The third kappa shape index (κ3) is 3.25. The number of amides is 1. The van der Waals surface area contributed by atoms with Crippen LogP contribution in [-0.4, -0.2) is 41.0 Å². The first-order valence-electron chi connectivity index (χ1n) is 9.17. The fourth-order valence-electron chi connectivity index (χ4n) is 3.78. The van der Waals surface area contributed by atoms with E-state index >= 15 is 0 Å². The highest BCUT2D eigenvalue weighted by Gasteiger charge is 2.47. The van der Waals surface area contributed by atoms with Crippen molar-refractivity contribution in [3.63, 3.8) is 0 Å². The molecule has 2 fully saturated rings. The number of ketones is 1. The predicted octanol–water partition coefficient (Wildman–Crippen LogP) is 3.80. The number of nitrogens with zero attached hydrogens (tertiary/aromatic N) is 1. The zero-order valence-corrected chi connectivity index (χ0v) is 16.2. The van der Waals surface area contributed by atoms with Crippen LogP contribution in [0.15, 0.2) is 41.3 Å². The number of halogens is 1. The zero-order valence-electron chi connectivity index (χ0n) is 15.4. The summed E-state index contributed by atoms with van der Waals surface area (Å²) in [7, 11) is 0. The van der Waals surface area contributed by atoms with E-state index in [-0.39, 0.29) is 17.4 Å². The second-order valence-electron chi connectivity index (χ2n) is 7.06. The Labute approximate surface area is 166 Å². The van der Waals surface area contributed by atoms with E-state index < -0.39 is 23.5 Å². The normalized spacial score (nSPS) is 24.3. The van der Waals surface area contributed by atoms with Crippen molar-refractivity contribution in [3.05, 3.63) is 63.1 Å². The molecule has 1 aromatic carbocycles. The molecule has 0 aliphatic carbocycles. The van der Waals surface area contributed by atoms with Crippen molar-refractivity contribution < 1.29 is 23.8 Å². The van der Waals surface area contributed by atoms with Gasteiger partial charge in [-0.1, -0.05) is 0 Å². The van der Waals surface area contributed by atoms with Crippen LogP contribution in [0.1, 0.15) is 34.9 Å². The van der Waals surface area contributed by atoms with Crippen LogP contribution in [0, 0.1) is 12.7 Å². The maximum Gasteiger partial charge on any atom is 0.295 e. The lowest BCUT2D eigenvalue weighted by Gasteiger charge is -2.27. The van der Waals surface area contributed by atoms with Gasteiger partial charge in [0.2, 0.25) is 0 Å². The van der Waals surface area contributed by atoms with Gasteiger partial charge in [0.25, 0.3) is 11.7 Å². The number of thiophene rings is 1. The van der Waals surface area contributed by atoms with Crippen molar-refractivity contribution in [2.45, 2.75) is 31.9 Å². The molecule has 0 bridgehead atoms. The number of carbonyl (C=O) groups is 2. The van der Waals surface area contributed by atoms with E-state index in [2.05, 4.69) is 0 Å². The van der Waals surface area contributed by atoms with Crippen molar-refractivity contribution in [1.29, 1.82) is 0 Å². The molecule has 2 unspecified atom stereocenters. The van der Waals surface area contributed by atoms with E-state index in [1.165, 1.54) is 40.5 Å². The smallest absolute Gasteiger partial charge is 0.295 e. The summed E-state index contributed by atoms with van der Waals surface area (Å²) in [5.41, 5.74) is 1.29. The average Bonchev–Trinajstić information content (AvgIpc) is 3.39. The quantitative estimate of drug-likeness (QED) is 0.481. The number of rotatable bonds is 4. The summed E-state index contributed by atoms with van der Waals surface area (Å²) in [5.74, 6) is -2.10. The SMILES string of the molecule is Cc1ccsc1C1/C(=C(/O)c2ccc(F)cc2)C(=O)C(=O)N1CC1CCCO1. The number of hydrogen-bond acceptors (Lipinski definition) is 5. The molecule has 0 radical (unpaired) electrons. The van der Waals surface area contributed by atoms with Crippen LogP contribution in [0.2, 0.25) is 0 Å². The summed E-state index contributed by atoms with van der Waals surface area (Å²) in [5, 5.41) is 12.8. The first-order chi connectivity index (χ1) is 13.5. The van der Waals surface area contributed by atoms with Gasteiger partial charge in [-0.3, -0.25) is 9.59 Å². The fraction of sp³-hybridized carbons (Fsp3) is 0.333. The summed E-state index contributed by atoms with van der Waals surface area (Å²) in [6.45, 7) is 2.86. The van der Waals surface area contributed by atoms with Crippen LogP contribution in [0.5, 0.6) is 0 Å². The number of ether oxygens (including phenoxy) is 1. The van der Waals surface area contributed by atoms with E-state index in [4.69, 9.17) is 4.74 Å². The van der Waals surface area contributed by atoms with E-state index in [0.717, 1.165) is 23.3 Å². The van der Waals surface area contributed by atoms with E-state index in [0.29, 0.717) is 18.7 Å². The number of Topliss-reactive ketones (excluding diaryl/α,β-unsaturated/α-hetero) is 1. The highest BCUT2D eigenvalue weighted by atomic mass is 32.1. The second kappa shape index (κ2) is 7.48. The number of benzene rings is 1. The Kier molecular flexibility index (Phi) is 5.03. The third-order valence-corrected chi connectivity index (χ3v) is 6.30. The van der Waals surface area contributed by atoms with Crippen LogP contribution in [-0.2, 0) is 14.3 Å². The van der Waals surface area contributed by atoms with Crippen LogP contribution in [0.25, 0.3) is 5.76 Å². The van der Waals surface area contributed by atoms with Crippen LogP contribution in [0.3, 0.4) is 0 Å². The predicted molar refractivity (Wildman–Crippen MR) is 103 cm³/mol. The van der Waals surface area contributed by atoms with E-state index in [1.54, 1.807) is 0 Å². The van der Waals surface area contributed by atoms with E-state index in [1.807, 2.05) is 18.4 Å². The minimum absolute atomic E-state index is 0.0418. The Morgan fingerprint density at radius 3 is 2.64 bits per heavy atom. The van der Waals surface area contributed by atoms with Crippen molar-refractivity contribution in [3.8, 4) is 0 Å². The molecule has 5 nitrogen and oxygen atoms in total. The molecule has 1 amide bonds. The summed E-state index contributed by atoms with van der Waals surface area (Å²) in [6, 6.07) is 6.47.